The number of hydrogen-bond donors (Lipinski definition) is 1. The van der Waals surface area contributed by atoms with Crippen molar-refractivity contribution in [3.63, 3.8) is 0 Å². The van der Waals surface area contributed by atoms with Gasteiger partial charge in [0.15, 0.2) is 11.7 Å². The fraction of sp³-hybridized carbons (Fsp3) is 0.286. The lowest BCUT2D eigenvalue weighted by atomic mass is 9.81. The number of carbonyl (C=O) groups excluding carboxylic acids is 2. The molecule has 0 aromatic heterocycles. The molecule has 2 aromatic rings. The van der Waals surface area contributed by atoms with Crippen molar-refractivity contribution in [1.82, 2.24) is 0 Å². The molecule has 0 bridgehead atoms. The summed E-state index contributed by atoms with van der Waals surface area (Å²) in [5.74, 6) is -1.33. The van der Waals surface area contributed by atoms with E-state index in [1.165, 1.54) is 0 Å². The Morgan fingerprint density at radius 3 is 2.42 bits per heavy atom. The minimum absolute atomic E-state index is 0.0498. The fourth-order valence-electron chi connectivity index (χ4n) is 2.98. The van der Waals surface area contributed by atoms with Gasteiger partial charge in [-0.25, -0.2) is 0 Å². The zero-order valence-corrected chi connectivity index (χ0v) is 14.7. The topological polar surface area (TPSA) is 78.6 Å². The first-order valence-electron chi connectivity index (χ1n) is 8.60. The van der Waals surface area contributed by atoms with E-state index in [-0.39, 0.29) is 13.0 Å². The Labute approximate surface area is 153 Å². The normalized spacial score (nSPS) is 22.7. The molecule has 1 amide bonds. The number of esters is 1. The lowest BCUT2D eigenvalue weighted by Crippen LogP contribution is -2.53. The van der Waals surface area contributed by atoms with Crippen molar-refractivity contribution in [2.24, 2.45) is 11.1 Å². The summed E-state index contributed by atoms with van der Waals surface area (Å²) >= 11 is 0. The molecule has 0 aliphatic carbocycles. The molecule has 0 saturated carbocycles. The fourth-order valence-corrected chi connectivity index (χ4v) is 2.98. The summed E-state index contributed by atoms with van der Waals surface area (Å²) < 4.78 is 10.4. The van der Waals surface area contributed by atoms with Crippen molar-refractivity contribution in [3.8, 4) is 11.1 Å². The van der Waals surface area contributed by atoms with Gasteiger partial charge in [-0.15, -0.1) is 0 Å². The van der Waals surface area contributed by atoms with Crippen LogP contribution in [-0.2, 0) is 25.5 Å². The summed E-state index contributed by atoms with van der Waals surface area (Å²) in [5.41, 5.74) is 7.41. The zero-order chi connectivity index (χ0) is 18.6. The van der Waals surface area contributed by atoms with E-state index in [1.54, 1.807) is 6.92 Å². The van der Waals surface area contributed by atoms with E-state index >= 15 is 0 Å². The maximum absolute atomic E-state index is 12.2. The van der Waals surface area contributed by atoms with Crippen LogP contribution in [0, 0.1) is 11.8 Å². The molecule has 1 aliphatic rings. The number of cyclic esters (lactones) is 1. The Bertz CT molecular complexity index is 772. The zero-order valence-electron chi connectivity index (χ0n) is 14.7. The Balaban J connectivity index is 1.62. The number of amides is 1. The number of hydrogen-bond acceptors (Lipinski definition) is 4. The molecule has 1 aliphatic heterocycles. The SMILES string of the molecule is C[C@@H]1OC[C@@](C[CH]Cc2ccc(-c3ccccc3)cc2)(C(N)=O)C(=O)O1. The molecule has 5 nitrogen and oxygen atoms in total. The van der Waals surface area contributed by atoms with Crippen LogP contribution in [0.15, 0.2) is 54.6 Å². The summed E-state index contributed by atoms with van der Waals surface area (Å²) in [6.45, 7) is 1.56. The first-order valence-corrected chi connectivity index (χ1v) is 8.60. The van der Waals surface area contributed by atoms with Gasteiger partial charge in [0.05, 0.1) is 6.61 Å². The first kappa shape index (κ1) is 18.1. The highest BCUT2D eigenvalue weighted by molar-refractivity contribution is 6.02. The highest BCUT2D eigenvalue weighted by Gasteiger charge is 2.49. The van der Waals surface area contributed by atoms with Crippen LogP contribution in [0.3, 0.4) is 0 Å². The molecule has 2 atom stereocenters. The van der Waals surface area contributed by atoms with E-state index in [2.05, 4.69) is 24.3 Å². The van der Waals surface area contributed by atoms with Crippen LogP contribution in [0.2, 0.25) is 0 Å². The van der Waals surface area contributed by atoms with Crippen molar-refractivity contribution >= 4 is 11.9 Å². The average Bonchev–Trinajstić information content (AvgIpc) is 2.65. The standard InChI is InChI=1S/C21H22NO4/c1-15-25-14-21(19(22)23,20(24)26-15)13-5-6-16-9-11-18(12-10-16)17-7-3-2-4-8-17/h2-5,7-12,15H,6,13-14H2,1H3,(H2,22,23)/t15-,21+/m1/s1. The van der Waals surface area contributed by atoms with Gasteiger partial charge in [-0.1, -0.05) is 54.6 Å². The summed E-state index contributed by atoms with van der Waals surface area (Å²) in [5, 5.41) is 0. The van der Waals surface area contributed by atoms with E-state index in [0.29, 0.717) is 6.42 Å². The van der Waals surface area contributed by atoms with Gasteiger partial charge in [-0.3, -0.25) is 9.59 Å². The maximum atomic E-state index is 12.2. The number of nitrogens with two attached hydrogens (primary N) is 1. The molecule has 26 heavy (non-hydrogen) atoms. The van der Waals surface area contributed by atoms with Gasteiger partial charge in [0, 0.05) is 0 Å². The van der Waals surface area contributed by atoms with Gasteiger partial charge in [0.2, 0.25) is 5.91 Å². The van der Waals surface area contributed by atoms with Gasteiger partial charge in [0.1, 0.15) is 0 Å². The smallest absolute Gasteiger partial charge is 0.326 e. The van der Waals surface area contributed by atoms with Gasteiger partial charge in [0.25, 0.3) is 0 Å². The molecule has 3 rings (SSSR count). The second kappa shape index (κ2) is 7.70. The summed E-state index contributed by atoms with van der Waals surface area (Å²) in [7, 11) is 0. The van der Waals surface area contributed by atoms with Crippen LogP contribution in [-0.4, -0.2) is 24.8 Å². The van der Waals surface area contributed by atoms with Crippen molar-refractivity contribution in [2.45, 2.75) is 26.1 Å². The Hall–Kier alpha value is -2.66. The molecule has 1 radical (unpaired) electrons. The lowest BCUT2D eigenvalue weighted by molar-refractivity contribution is -0.219. The largest absolute Gasteiger partial charge is 0.435 e. The van der Waals surface area contributed by atoms with E-state index in [9.17, 15) is 9.59 Å². The quantitative estimate of drug-likeness (QED) is 0.640. The van der Waals surface area contributed by atoms with Crippen LogP contribution >= 0.6 is 0 Å². The number of carbonyl (C=O) groups is 2. The predicted molar refractivity (Wildman–Crippen MR) is 97.6 cm³/mol. The Morgan fingerprint density at radius 1 is 1.15 bits per heavy atom. The Morgan fingerprint density at radius 2 is 1.81 bits per heavy atom. The maximum Gasteiger partial charge on any atom is 0.326 e. The number of primary amides is 1. The third-order valence-electron chi connectivity index (χ3n) is 4.63. The lowest BCUT2D eigenvalue weighted by Gasteiger charge is -2.34. The molecule has 135 valence electrons. The van der Waals surface area contributed by atoms with E-state index in [4.69, 9.17) is 15.2 Å². The van der Waals surface area contributed by atoms with E-state index in [1.807, 2.05) is 36.8 Å². The molecule has 0 unspecified atom stereocenters. The third kappa shape index (κ3) is 3.78. The minimum atomic E-state index is -1.43. The van der Waals surface area contributed by atoms with Gasteiger partial charge in [-0.2, -0.15) is 0 Å². The molecule has 0 spiro atoms. The van der Waals surface area contributed by atoms with E-state index in [0.717, 1.165) is 16.7 Å². The number of ether oxygens (including phenoxy) is 2. The number of rotatable bonds is 6. The van der Waals surface area contributed by atoms with Crippen LogP contribution in [0.4, 0.5) is 0 Å². The third-order valence-corrected chi connectivity index (χ3v) is 4.63. The average molecular weight is 352 g/mol. The molecule has 1 fully saturated rings. The second-order valence-electron chi connectivity index (χ2n) is 6.49. The van der Waals surface area contributed by atoms with E-state index < -0.39 is 23.6 Å². The van der Waals surface area contributed by atoms with Crippen LogP contribution < -0.4 is 5.73 Å². The van der Waals surface area contributed by atoms with Crippen molar-refractivity contribution in [1.29, 1.82) is 0 Å². The predicted octanol–water partition coefficient (Wildman–Crippen LogP) is 2.88. The highest BCUT2D eigenvalue weighted by Crippen LogP contribution is 2.31. The molecule has 5 heteroatoms. The van der Waals surface area contributed by atoms with Crippen LogP contribution in [0.25, 0.3) is 11.1 Å². The monoisotopic (exact) mass is 352 g/mol. The van der Waals surface area contributed by atoms with Gasteiger partial charge >= 0.3 is 5.97 Å². The molecule has 1 saturated heterocycles. The molecule has 2 N–H and O–H groups in total. The highest BCUT2D eigenvalue weighted by atomic mass is 16.7. The van der Waals surface area contributed by atoms with Crippen LogP contribution in [0.5, 0.6) is 0 Å². The van der Waals surface area contributed by atoms with Gasteiger partial charge < -0.3 is 15.2 Å². The summed E-state index contributed by atoms with van der Waals surface area (Å²) in [6.07, 6.45) is 2.03. The number of benzene rings is 2. The Kier molecular flexibility index (Phi) is 5.38. The second-order valence-corrected chi connectivity index (χ2v) is 6.49. The van der Waals surface area contributed by atoms with Crippen molar-refractivity contribution in [2.75, 3.05) is 6.61 Å². The van der Waals surface area contributed by atoms with Crippen molar-refractivity contribution in [3.05, 3.63) is 66.6 Å². The van der Waals surface area contributed by atoms with Crippen molar-refractivity contribution < 1.29 is 19.1 Å². The summed E-state index contributed by atoms with van der Waals surface area (Å²) in [6, 6.07) is 18.3. The summed E-state index contributed by atoms with van der Waals surface area (Å²) in [4.78, 5) is 24.0. The minimum Gasteiger partial charge on any atom is -0.435 e. The van der Waals surface area contributed by atoms with Gasteiger partial charge in [-0.05, 0) is 42.9 Å². The molecule has 2 aromatic carbocycles. The molecule has 1 heterocycles. The molecular formula is C21H22NO4. The first-order chi connectivity index (χ1) is 12.5. The van der Waals surface area contributed by atoms with Crippen LogP contribution in [0.1, 0.15) is 18.9 Å². The molecular weight excluding hydrogens is 330 g/mol.